The molecule has 130 valence electrons. The molecule has 0 bridgehead atoms. The van der Waals surface area contributed by atoms with Crippen molar-refractivity contribution in [2.75, 3.05) is 4.72 Å². The molecule has 0 fully saturated rings. The van der Waals surface area contributed by atoms with E-state index < -0.39 is 51.4 Å². The van der Waals surface area contributed by atoms with Crippen LogP contribution in [0.4, 0.5) is 23.4 Å². The number of pyridine rings is 1. The average molecular weight is 384 g/mol. The van der Waals surface area contributed by atoms with Crippen LogP contribution in [0.25, 0.3) is 0 Å². The van der Waals surface area contributed by atoms with Crippen molar-refractivity contribution in [3.63, 3.8) is 0 Å². The van der Waals surface area contributed by atoms with Crippen LogP contribution in [0.15, 0.2) is 17.2 Å². The van der Waals surface area contributed by atoms with Crippen LogP contribution in [-0.2, 0) is 22.9 Å². The lowest BCUT2D eigenvalue weighted by molar-refractivity contribution is -0.0133. The highest BCUT2D eigenvalue weighted by molar-refractivity contribution is 7.92. The van der Waals surface area contributed by atoms with Crippen LogP contribution in [0, 0.1) is 11.8 Å². The molecule has 2 heterocycles. The summed E-state index contributed by atoms with van der Waals surface area (Å²) in [5, 5.41) is -0.600. The van der Waals surface area contributed by atoms with Gasteiger partial charge in [-0.2, -0.15) is 9.37 Å². The Kier molecular flexibility index (Phi) is 3.99. The van der Waals surface area contributed by atoms with Crippen molar-refractivity contribution >= 4 is 27.4 Å². The number of sulfonamides is 1. The van der Waals surface area contributed by atoms with E-state index in [1.807, 2.05) is 4.72 Å². The summed E-state index contributed by atoms with van der Waals surface area (Å²) in [5.41, 5.74) is 0.297. The van der Waals surface area contributed by atoms with Crippen molar-refractivity contribution in [2.24, 2.45) is 0 Å². The van der Waals surface area contributed by atoms with Gasteiger partial charge in [0.2, 0.25) is 5.95 Å². The van der Waals surface area contributed by atoms with Gasteiger partial charge in [-0.25, -0.2) is 21.6 Å². The monoisotopic (exact) mass is 383 g/mol. The fourth-order valence-electron chi connectivity index (χ4n) is 2.50. The van der Waals surface area contributed by atoms with Gasteiger partial charge in [-0.1, -0.05) is 11.6 Å². The fraction of sp³-hybridized carbons (Fsp3) is 0.308. The maximum atomic E-state index is 13.7. The first kappa shape index (κ1) is 17.0. The molecule has 1 aliphatic rings. The van der Waals surface area contributed by atoms with Crippen molar-refractivity contribution < 1.29 is 26.0 Å². The number of nitrogens with zero attached hydrogens (tertiary/aromatic N) is 1. The molecule has 0 aromatic carbocycles. The van der Waals surface area contributed by atoms with Gasteiger partial charge in [0.1, 0.15) is 4.90 Å². The van der Waals surface area contributed by atoms with Crippen molar-refractivity contribution in [3.05, 3.63) is 40.3 Å². The topological polar surface area (TPSA) is 74.8 Å². The number of aromatic amines is 1. The fourth-order valence-corrected chi connectivity index (χ4v) is 3.91. The first-order valence-corrected chi connectivity index (χ1v) is 8.56. The number of halogens is 5. The summed E-state index contributed by atoms with van der Waals surface area (Å²) in [6, 6.07) is 0.578. The largest absolute Gasteiger partial charge is 0.363 e. The van der Waals surface area contributed by atoms with E-state index in [1.165, 1.54) is 0 Å². The number of nitrogens with one attached hydrogen (secondary N) is 2. The molecule has 0 amide bonds. The second-order valence-electron chi connectivity index (χ2n) is 5.34. The number of aromatic nitrogens is 2. The van der Waals surface area contributed by atoms with Crippen LogP contribution in [0.5, 0.6) is 0 Å². The number of fused-ring (bicyclic) bond motifs is 1. The standard InChI is InChI=1S/C13H10ClF4N3O2S/c14-7-3-8(15)12(20-11(7)16)21-24(22,23)10-5-19-9-4-13(17,18)2-1-6(9)10/h3,5,19H,1-2,4H2,(H,20,21). The van der Waals surface area contributed by atoms with E-state index in [9.17, 15) is 26.0 Å². The van der Waals surface area contributed by atoms with Gasteiger partial charge in [0.25, 0.3) is 15.9 Å². The molecule has 5 nitrogen and oxygen atoms in total. The van der Waals surface area contributed by atoms with E-state index >= 15 is 0 Å². The van der Waals surface area contributed by atoms with Crippen LogP contribution in [0.2, 0.25) is 5.02 Å². The molecule has 0 saturated heterocycles. The number of anilines is 1. The minimum atomic E-state index is -4.34. The summed E-state index contributed by atoms with van der Waals surface area (Å²) < 4.78 is 80.3. The number of hydrogen-bond donors (Lipinski definition) is 2. The van der Waals surface area contributed by atoms with Crippen LogP contribution in [0.1, 0.15) is 17.7 Å². The van der Waals surface area contributed by atoms with Gasteiger partial charge in [-0.3, -0.25) is 4.72 Å². The van der Waals surface area contributed by atoms with E-state index in [-0.39, 0.29) is 22.6 Å². The number of alkyl halides is 2. The second kappa shape index (κ2) is 5.62. The molecule has 24 heavy (non-hydrogen) atoms. The lowest BCUT2D eigenvalue weighted by Crippen LogP contribution is -2.26. The molecular formula is C13H10ClF4N3O2S. The van der Waals surface area contributed by atoms with Gasteiger partial charge >= 0.3 is 0 Å². The quantitative estimate of drug-likeness (QED) is 0.631. The molecule has 0 unspecified atom stereocenters. The Morgan fingerprint density at radius 2 is 2.04 bits per heavy atom. The lowest BCUT2D eigenvalue weighted by Gasteiger charge is -2.22. The van der Waals surface area contributed by atoms with Crippen molar-refractivity contribution in [1.82, 2.24) is 9.97 Å². The molecule has 1 aliphatic carbocycles. The predicted octanol–water partition coefficient (Wildman–Crippen LogP) is 3.27. The summed E-state index contributed by atoms with van der Waals surface area (Å²) >= 11 is 5.35. The molecule has 0 aliphatic heterocycles. The van der Waals surface area contributed by atoms with Crippen molar-refractivity contribution in [1.29, 1.82) is 0 Å². The third-order valence-corrected chi connectivity index (χ3v) is 5.29. The molecule has 0 spiro atoms. The predicted molar refractivity (Wildman–Crippen MR) is 77.7 cm³/mol. The second-order valence-corrected chi connectivity index (χ2v) is 7.40. The van der Waals surface area contributed by atoms with Gasteiger partial charge in [0, 0.05) is 24.4 Å². The highest BCUT2D eigenvalue weighted by Gasteiger charge is 2.38. The summed E-state index contributed by atoms with van der Waals surface area (Å²) in [4.78, 5) is 5.31. The number of H-pyrrole nitrogens is 1. The Bertz CT molecular complexity index is 914. The first-order valence-electron chi connectivity index (χ1n) is 6.70. The molecule has 2 aromatic heterocycles. The highest BCUT2D eigenvalue weighted by Crippen LogP contribution is 2.36. The molecule has 11 heteroatoms. The van der Waals surface area contributed by atoms with E-state index in [4.69, 9.17) is 11.6 Å². The zero-order valence-electron chi connectivity index (χ0n) is 11.8. The summed E-state index contributed by atoms with van der Waals surface area (Å²) in [6.07, 6.45) is -0.228. The Morgan fingerprint density at radius 3 is 2.75 bits per heavy atom. The maximum absolute atomic E-state index is 13.7. The average Bonchev–Trinajstić information content (AvgIpc) is 2.86. The highest BCUT2D eigenvalue weighted by atomic mass is 35.5. The minimum absolute atomic E-state index is 0.0994. The van der Waals surface area contributed by atoms with Crippen LogP contribution in [-0.4, -0.2) is 24.3 Å². The van der Waals surface area contributed by atoms with E-state index in [0.717, 1.165) is 6.20 Å². The molecular weight excluding hydrogens is 374 g/mol. The maximum Gasteiger partial charge on any atom is 0.264 e. The van der Waals surface area contributed by atoms with E-state index in [0.29, 0.717) is 6.07 Å². The van der Waals surface area contributed by atoms with E-state index in [1.54, 1.807) is 0 Å². The Labute approximate surface area is 139 Å². The Hall–Kier alpha value is -1.81. The van der Waals surface area contributed by atoms with Gasteiger partial charge in [-0.15, -0.1) is 0 Å². The molecule has 0 radical (unpaired) electrons. The van der Waals surface area contributed by atoms with E-state index in [2.05, 4.69) is 9.97 Å². The van der Waals surface area contributed by atoms with Gasteiger partial charge in [-0.05, 0) is 12.0 Å². The zero-order chi connectivity index (χ0) is 17.7. The third kappa shape index (κ3) is 3.07. The molecule has 3 rings (SSSR count). The summed E-state index contributed by atoms with van der Waals surface area (Å²) in [5.74, 6) is -6.19. The van der Waals surface area contributed by atoms with Gasteiger partial charge < -0.3 is 4.98 Å². The van der Waals surface area contributed by atoms with Crippen molar-refractivity contribution in [3.8, 4) is 0 Å². The summed E-state index contributed by atoms with van der Waals surface area (Å²) in [6.45, 7) is 0. The molecule has 0 atom stereocenters. The molecule has 0 saturated carbocycles. The SMILES string of the molecule is O=S(=O)(Nc1nc(F)c(Cl)cc1F)c1c[nH]c2c1CCC(F)(F)C2. The zero-order valence-corrected chi connectivity index (χ0v) is 13.4. The van der Waals surface area contributed by atoms with Crippen LogP contribution in [0.3, 0.4) is 0 Å². The normalized spacial score (nSPS) is 16.7. The van der Waals surface area contributed by atoms with Crippen LogP contribution < -0.4 is 4.72 Å². The number of rotatable bonds is 3. The Morgan fingerprint density at radius 1 is 1.33 bits per heavy atom. The number of hydrogen-bond acceptors (Lipinski definition) is 3. The molecule has 2 aromatic rings. The first-order chi connectivity index (χ1) is 11.1. The van der Waals surface area contributed by atoms with Gasteiger partial charge in [0.05, 0.1) is 11.4 Å². The van der Waals surface area contributed by atoms with Crippen molar-refractivity contribution in [2.45, 2.75) is 30.1 Å². The Balaban J connectivity index is 1.96. The third-order valence-electron chi connectivity index (χ3n) is 3.62. The van der Waals surface area contributed by atoms with Gasteiger partial charge in [0.15, 0.2) is 11.6 Å². The summed E-state index contributed by atoms with van der Waals surface area (Å²) in [7, 11) is -4.34. The minimum Gasteiger partial charge on any atom is -0.363 e. The van der Waals surface area contributed by atoms with Crippen LogP contribution >= 0.6 is 11.6 Å². The lowest BCUT2D eigenvalue weighted by atomic mass is 9.95. The smallest absolute Gasteiger partial charge is 0.264 e. The molecule has 2 N–H and O–H groups in total.